The van der Waals surface area contributed by atoms with Crippen LogP contribution in [0.25, 0.3) is 11.3 Å². The van der Waals surface area contributed by atoms with E-state index in [9.17, 15) is 0 Å². The molecule has 1 aliphatic heterocycles. The summed E-state index contributed by atoms with van der Waals surface area (Å²) in [4.78, 5) is 8.66. The minimum absolute atomic E-state index is 0.277. The highest BCUT2D eigenvalue weighted by molar-refractivity contribution is 5.73. The smallest absolute Gasteiger partial charge is 0.231 e. The Bertz CT molecular complexity index is 572. The van der Waals surface area contributed by atoms with Gasteiger partial charge in [0.2, 0.25) is 6.79 Å². The summed E-state index contributed by atoms with van der Waals surface area (Å²) in [6, 6.07) is 5.77. The molecule has 0 spiro atoms. The zero-order chi connectivity index (χ0) is 12.4. The van der Waals surface area contributed by atoms with Gasteiger partial charge >= 0.3 is 0 Å². The van der Waals surface area contributed by atoms with Crippen molar-refractivity contribution < 1.29 is 9.47 Å². The number of hydrogen-bond acceptors (Lipinski definition) is 5. The molecule has 5 heteroatoms. The Morgan fingerprint density at radius 3 is 2.89 bits per heavy atom. The summed E-state index contributed by atoms with van der Waals surface area (Å²) in [6.45, 7) is 3.10. The molecule has 3 rings (SSSR count). The molecule has 1 N–H and O–H groups in total. The second-order valence-corrected chi connectivity index (χ2v) is 3.85. The van der Waals surface area contributed by atoms with Crippen molar-refractivity contribution in [3.63, 3.8) is 0 Å². The van der Waals surface area contributed by atoms with Crippen molar-refractivity contribution in [3.05, 3.63) is 30.6 Å². The lowest BCUT2D eigenvalue weighted by atomic mass is 10.1. The molecule has 5 nitrogen and oxygen atoms in total. The molecule has 0 amide bonds. The molecule has 0 fully saturated rings. The fourth-order valence-electron chi connectivity index (χ4n) is 1.89. The molecule has 0 unspecified atom stereocenters. The Hall–Kier alpha value is -2.30. The van der Waals surface area contributed by atoms with Crippen molar-refractivity contribution in [2.75, 3.05) is 18.7 Å². The van der Waals surface area contributed by atoms with Crippen molar-refractivity contribution in [1.29, 1.82) is 0 Å². The summed E-state index contributed by atoms with van der Waals surface area (Å²) >= 11 is 0. The van der Waals surface area contributed by atoms with Crippen molar-refractivity contribution >= 4 is 5.82 Å². The van der Waals surface area contributed by atoms with E-state index < -0.39 is 0 Å². The summed E-state index contributed by atoms with van der Waals surface area (Å²) in [5.41, 5.74) is 1.78. The normalized spacial score (nSPS) is 12.5. The molecule has 1 aliphatic rings. The number of rotatable bonds is 3. The standard InChI is InChI=1S/C13H13N3O2/c1-2-14-13-12(15-5-6-16-13)9-3-4-10-11(7-9)18-8-17-10/h3-7H,2,8H2,1H3,(H,14,16). The Morgan fingerprint density at radius 1 is 1.17 bits per heavy atom. The van der Waals surface area contributed by atoms with Gasteiger partial charge in [-0.3, -0.25) is 4.98 Å². The quantitative estimate of drug-likeness (QED) is 0.896. The molecule has 0 radical (unpaired) electrons. The van der Waals surface area contributed by atoms with Crippen LogP contribution in [-0.2, 0) is 0 Å². The van der Waals surface area contributed by atoms with Crippen LogP contribution in [0.4, 0.5) is 5.82 Å². The molecule has 0 saturated heterocycles. The second-order valence-electron chi connectivity index (χ2n) is 3.85. The molecule has 0 atom stereocenters. The summed E-state index contributed by atoms with van der Waals surface area (Å²) < 4.78 is 10.7. The van der Waals surface area contributed by atoms with E-state index in [1.165, 1.54) is 0 Å². The van der Waals surface area contributed by atoms with Crippen LogP contribution in [0.3, 0.4) is 0 Å². The predicted octanol–water partition coefficient (Wildman–Crippen LogP) is 2.30. The molecule has 0 aliphatic carbocycles. The minimum Gasteiger partial charge on any atom is -0.454 e. The van der Waals surface area contributed by atoms with Crippen LogP contribution in [0.5, 0.6) is 11.5 Å². The van der Waals surface area contributed by atoms with Crippen LogP contribution >= 0.6 is 0 Å². The van der Waals surface area contributed by atoms with E-state index in [4.69, 9.17) is 9.47 Å². The average Bonchev–Trinajstić information content (AvgIpc) is 2.87. The highest BCUT2D eigenvalue weighted by Gasteiger charge is 2.15. The number of aromatic nitrogens is 2. The van der Waals surface area contributed by atoms with E-state index in [-0.39, 0.29) is 6.79 Å². The van der Waals surface area contributed by atoms with E-state index in [2.05, 4.69) is 15.3 Å². The van der Waals surface area contributed by atoms with Gasteiger partial charge in [0.15, 0.2) is 17.3 Å². The van der Waals surface area contributed by atoms with E-state index >= 15 is 0 Å². The van der Waals surface area contributed by atoms with Crippen LogP contribution in [0.15, 0.2) is 30.6 Å². The van der Waals surface area contributed by atoms with Crippen molar-refractivity contribution in [1.82, 2.24) is 9.97 Å². The first-order valence-electron chi connectivity index (χ1n) is 5.83. The summed E-state index contributed by atoms with van der Waals surface area (Å²) in [6.07, 6.45) is 3.36. The maximum absolute atomic E-state index is 5.37. The Labute approximate surface area is 105 Å². The molecule has 18 heavy (non-hydrogen) atoms. The fraction of sp³-hybridized carbons (Fsp3) is 0.231. The Kier molecular flexibility index (Phi) is 2.72. The number of nitrogens with zero attached hydrogens (tertiary/aromatic N) is 2. The third kappa shape index (κ3) is 1.84. The third-order valence-corrected chi connectivity index (χ3v) is 2.69. The van der Waals surface area contributed by atoms with Crippen LogP contribution in [0, 0.1) is 0 Å². The van der Waals surface area contributed by atoms with Crippen LogP contribution in [-0.4, -0.2) is 23.3 Å². The lowest BCUT2D eigenvalue weighted by Gasteiger charge is -2.08. The van der Waals surface area contributed by atoms with E-state index in [1.54, 1.807) is 12.4 Å². The first kappa shape index (κ1) is 10.8. The highest BCUT2D eigenvalue weighted by Crippen LogP contribution is 2.36. The van der Waals surface area contributed by atoms with E-state index in [0.717, 1.165) is 35.1 Å². The fourth-order valence-corrected chi connectivity index (χ4v) is 1.89. The lowest BCUT2D eigenvalue weighted by molar-refractivity contribution is 0.174. The van der Waals surface area contributed by atoms with Gasteiger partial charge in [0.25, 0.3) is 0 Å². The highest BCUT2D eigenvalue weighted by atomic mass is 16.7. The minimum atomic E-state index is 0.277. The van der Waals surface area contributed by atoms with E-state index in [0.29, 0.717) is 0 Å². The summed E-state index contributed by atoms with van der Waals surface area (Å²) in [5.74, 6) is 2.30. The average molecular weight is 243 g/mol. The topological polar surface area (TPSA) is 56.3 Å². The number of anilines is 1. The number of benzene rings is 1. The van der Waals surface area contributed by atoms with Gasteiger partial charge in [0.05, 0.1) is 0 Å². The first-order valence-corrected chi connectivity index (χ1v) is 5.83. The van der Waals surface area contributed by atoms with E-state index in [1.807, 2.05) is 25.1 Å². The van der Waals surface area contributed by atoms with Gasteiger partial charge in [-0.2, -0.15) is 0 Å². The molecular formula is C13H13N3O2. The van der Waals surface area contributed by atoms with Crippen LogP contribution in [0.2, 0.25) is 0 Å². The zero-order valence-corrected chi connectivity index (χ0v) is 10.0. The van der Waals surface area contributed by atoms with Gasteiger partial charge in [0, 0.05) is 24.5 Å². The number of ether oxygens (including phenoxy) is 2. The van der Waals surface area contributed by atoms with Crippen molar-refractivity contribution in [2.45, 2.75) is 6.92 Å². The van der Waals surface area contributed by atoms with Gasteiger partial charge in [-0.1, -0.05) is 0 Å². The third-order valence-electron chi connectivity index (χ3n) is 2.69. The largest absolute Gasteiger partial charge is 0.454 e. The maximum atomic E-state index is 5.37. The Balaban J connectivity index is 2.04. The summed E-state index contributed by atoms with van der Waals surface area (Å²) in [5, 5.41) is 3.20. The molecule has 2 heterocycles. The SMILES string of the molecule is CCNc1nccnc1-c1ccc2c(c1)OCO2. The molecular weight excluding hydrogens is 230 g/mol. The van der Waals surface area contributed by atoms with Gasteiger partial charge in [0.1, 0.15) is 5.69 Å². The number of nitrogens with one attached hydrogen (secondary N) is 1. The zero-order valence-electron chi connectivity index (χ0n) is 10.0. The predicted molar refractivity (Wildman–Crippen MR) is 67.8 cm³/mol. The van der Waals surface area contributed by atoms with Gasteiger partial charge < -0.3 is 14.8 Å². The van der Waals surface area contributed by atoms with Crippen molar-refractivity contribution in [3.8, 4) is 22.8 Å². The Morgan fingerprint density at radius 2 is 2.00 bits per heavy atom. The molecule has 1 aromatic heterocycles. The molecule has 0 bridgehead atoms. The van der Waals surface area contributed by atoms with Gasteiger partial charge in [-0.05, 0) is 25.1 Å². The van der Waals surface area contributed by atoms with Gasteiger partial charge in [-0.15, -0.1) is 0 Å². The first-order chi connectivity index (χ1) is 8.88. The molecule has 92 valence electrons. The number of fused-ring (bicyclic) bond motifs is 1. The summed E-state index contributed by atoms with van der Waals surface area (Å²) in [7, 11) is 0. The second kappa shape index (κ2) is 4.52. The molecule has 0 saturated carbocycles. The van der Waals surface area contributed by atoms with Crippen LogP contribution in [0.1, 0.15) is 6.92 Å². The monoisotopic (exact) mass is 243 g/mol. The lowest BCUT2D eigenvalue weighted by Crippen LogP contribution is -2.02. The van der Waals surface area contributed by atoms with Crippen molar-refractivity contribution in [2.24, 2.45) is 0 Å². The van der Waals surface area contributed by atoms with Gasteiger partial charge in [-0.25, -0.2) is 4.98 Å². The maximum Gasteiger partial charge on any atom is 0.231 e. The molecule has 1 aromatic carbocycles. The van der Waals surface area contributed by atoms with Crippen LogP contribution < -0.4 is 14.8 Å². The number of hydrogen-bond donors (Lipinski definition) is 1. The molecule has 2 aromatic rings.